The molecule has 1 aliphatic rings. The molecule has 0 bridgehead atoms. The summed E-state index contributed by atoms with van der Waals surface area (Å²) in [5.41, 5.74) is 0. The second-order valence-electron chi connectivity index (χ2n) is 2.74. The van der Waals surface area contributed by atoms with Crippen LogP contribution in [0, 0.1) is 5.92 Å². The van der Waals surface area contributed by atoms with Crippen LogP contribution < -0.4 is 0 Å². The molecule has 47 valence electrons. The van der Waals surface area contributed by atoms with Crippen molar-refractivity contribution < 1.29 is 18.6 Å². The molecule has 8 heavy (non-hydrogen) atoms. The quantitative estimate of drug-likeness (QED) is 0.496. The minimum absolute atomic E-state index is 0. The summed E-state index contributed by atoms with van der Waals surface area (Å²) in [6, 6.07) is 0. The van der Waals surface area contributed by atoms with E-state index in [4.69, 9.17) is 0 Å². The van der Waals surface area contributed by atoms with Crippen molar-refractivity contribution in [3.63, 3.8) is 0 Å². The van der Waals surface area contributed by atoms with Gasteiger partial charge in [-0.1, -0.05) is 39.0 Å². The third-order valence-electron chi connectivity index (χ3n) is 1.89. The summed E-state index contributed by atoms with van der Waals surface area (Å²) in [7, 11) is 0. The zero-order chi connectivity index (χ0) is 5.11. The molecule has 0 amide bonds. The Morgan fingerprint density at radius 1 is 1.00 bits per heavy atom. The van der Waals surface area contributed by atoms with E-state index in [-0.39, 0.29) is 18.6 Å². The normalized spacial score (nSPS) is 22.1. The molecule has 0 atom stereocenters. The van der Waals surface area contributed by atoms with Crippen molar-refractivity contribution in [3.8, 4) is 0 Å². The van der Waals surface area contributed by atoms with E-state index >= 15 is 0 Å². The van der Waals surface area contributed by atoms with Crippen molar-refractivity contribution in [1.82, 2.24) is 0 Å². The van der Waals surface area contributed by atoms with Crippen LogP contribution in [0.2, 0.25) is 0 Å². The molecule has 1 rings (SSSR count). The number of rotatable bonds is 0. The van der Waals surface area contributed by atoms with Crippen LogP contribution >= 0.6 is 0 Å². The first-order chi connectivity index (χ1) is 3.39. The fourth-order valence-corrected chi connectivity index (χ4v) is 1.31. The summed E-state index contributed by atoms with van der Waals surface area (Å²) >= 11 is 0. The van der Waals surface area contributed by atoms with Gasteiger partial charge in [0.25, 0.3) is 0 Å². The Morgan fingerprint density at radius 2 is 1.50 bits per heavy atom. The molecule has 0 nitrogen and oxygen atoms in total. The van der Waals surface area contributed by atoms with Gasteiger partial charge in [0, 0.05) is 18.6 Å². The van der Waals surface area contributed by atoms with E-state index in [9.17, 15) is 0 Å². The first kappa shape index (κ1) is 8.58. The smallest absolute Gasteiger partial charge is 0 e. The molecule has 0 spiro atoms. The predicted molar refractivity (Wildman–Crippen MR) is 32.2 cm³/mol. The molecule has 0 N–H and O–H groups in total. The summed E-state index contributed by atoms with van der Waals surface area (Å²) in [6.45, 7) is 2.36. The number of hydrogen-bond acceptors (Lipinski definition) is 0. The van der Waals surface area contributed by atoms with Crippen LogP contribution in [-0.2, 0) is 18.6 Å². The zero-order valence-electron chi connectivity index (χ0n) is 5.56. The van der Waals surface area contributed by atoms with Gasteiger partial charge in [-0.25, -0.2) is 0 Å². The third-order valence-corrected chi connectivity index (χ3v) is 1.89. The molecule has 1 fully saturated rings. The first-order valence-corrected chi connectivity index (χ1v) is 3.39. The second kappa shape index (κ2) is 4.46. The van der Waals surface area contributed by atoms with Crippen LogP contribution in [-0.4, -0.2) is 0 Å². The minimum atomic E-state index is 0. The monoisotopic (exact) mass is 149 g/mol. The molecule has 1 heteroatoms. The Balaban J connectivity index is 0.000000490. The van der Waals surface area contributed by atoms with Crippen LogP contribution in [0.3, 0.4) is 0 Å². The molecule has 0 aromatic carbocycles. The molecule has 0 unspecified atom stereocenters. The summed E-state index contributed by atoms with van der Waals surface area (Å²) < 4.78 is 0. The van der Waals surface area contributed by atoms with E-state index in [0.29, 0.717) is 0 Å². The molecule has 0 heterocycles. The van der Waals surface area contributed by atoms with Crippen molar-refractivity contribution in [3.05, 3.63) is 0 Å². The minimum Gasteiger partial charge on any atom is -0.0625 e. The van der Waals surface area contributed by atoms with Crippen molar-refractivity contribution in [1.29, 1.82) is 0 Å². The zero-order valence-corrected chi connectivity index (χ0v) is 6.96. The molecule has 1 aliphatic carbocycles. The molecule has 0 aromatic heterocycles. The van der Waals surface area contributed by atoms with Crippen LogP contribution in [0.4, 0.5) is 0 Å². The maximum atomic E-state index is 2.36. The van der Waals surface area contributed by atoms with Gasteiger partial charge in [0.05, 0.1) is 0 Å². The van der Waals surface area contributed by atoms with Crippen molar-refractivity contribution in [2.75, 3.05) is 0 Å². The summed E-state index contributed by atoms with van der Waals surface area (Å²) in [6.07, 6.45) is 7.44. The Morgan fingerprint density at radius 3 is 1.75 bits per heavy atom. The Labute approximate surface area is 63.9 Å². The van der Waals surface area contributed by atoms with Gasteiger partial charge in [-0.2, -0.15) is 0 Å². The Kier molecular flexibility index (Phi) is 4.79. The van der Waals surface area contributed by atoms with Gasteiger partial charge >= 0.3 is 0 Å². The van der Waals surface area contributed by atoms with Gasteiger partial charge in [0.15, 0.2) is 0 Å². The maximum absolute atomic E-state index is 2.36. The SMILES string of the molecule is CC1CCCCC1.[V]. The number of hydrogen-bond donors (Lipinski definition) is 0. The molecule has 1 saturated carbocycles. The average Bonchev–Trinajstić information content (AvgIpc) is 1.69. The molecular weight excluding hydrogens is 135 g/mol. The third kappa shape index (κ3) is 2.79. The van der Waals surface area contributed by atoms with Gasteiger partial charge in [-0.05, 0) is 5.92 Å². The van der Waals surface area contributed by atoms with Crippen molar-refractivity contribution >= 4 is 0 Å². The van der Waals surface area contributed by atoms with Gasteiger partial charge in [0.1, 0.15) is 0 Å². The fourth-order valence-electron chi connectivity index (χ4n) is 1.31. The van der Waals surface area contributed by atoms with Crippen molar-refractivity contribution in [2.45, 2.75) is 39.0 Å². The largest absolute Gasteiger partial charge is 0.0625 e. The Hall–Kier alpha value is 0.584. The predicted octanol–water partition coefficient (Wildman–Crippen LogP) is 2.58. The molecule has 0 saturated heterocycles. The van der Waals surface area contributed by atoms with Gasteiger partial charge in [0.2, 0.25) is 0 Å². The Bertz CT molecular complexity index is 46.3. The average molecular weight is 149 g/mol. The molecule has 1 radical (unpaired) electrons. The van der Waals surface area contributed by atoms with E-state index in [1.165, 1.54) is 32.1 Å². The van der Waals surface area contributed by atoms with Crippen molar-refractivity contribution in [2.24, 2.45) is 5.92 Å². The van der Waals surface area contributed by atoms with Crippen LogP contribution in [0.15, 0.2) is 0 Å². The summed E-state index contributed by atoms with van der Waals surface area (Å²) in [5.74, 6) is 1.04. The summed E-state index contributed by atoms with van der Waals surface area (Å²) in [5, 5.41) is 0. The standard InChI is InChI=1S/C7H14.V/c1-7-5-3-2-4-6-7;/h7H,2-6H2,1H3;. The topological polar surface area (TPSA) is 0 Å². The molecular formula is C7H14V. The van der Waals surface area contributed by atoms with Gasteiger partial charge < -0.3 is 0 Å². The van der Waals surface area contributed by atoms with Gasteiger partial charge in [-0.15, -0.1) is 0 Å². The van der Waals surface area contributed by atoms with E-state index in [1.54, 1.807) is 0 Å². The molecule has 0 aliphatic heterocycles. The van der Waals surface area contributed by atoms with Crippen LogP contribution in [0.25, 0.3) is 0 Å². The van der Waals surface area contributed by atoms with Gasteiger partial charge in [-0.3, -0.25) is 0 Å². The van der Waals surface area contributed by atoms with E-state index < -0.39 is 0 Å². The van der Waals surface area contributed by atoms with E-state index in [1.807, 2.05) is 0 Å². The summed E-state index contributed by atoms with van der Waals surface area (Å²) in [4.78, 5) is 0. The van der Waals surface area contributed by atoms with Crippen LogP contribution in [0.1, 0.15) is 39.0 Å². The second-order valence-corrected chi connectivity index (χ2v) is 2.74. The fraction of sp³-hybridized carbons (Fsp3) is 1.00. The maximum Gasteiger partial charge on any atom is 0 e. The van der Waals surface area contributed by atoms with E-state index in [2.05, 4.69) is 6.92 Å². The van der Waals surface area contributed by atoms with Crippen LogP contribution in [0.5, 0.6) is 0 Å². The first-order valence-electron chi connectivity index (χ1n) is 3.39. The van der Waals surface area contributed by atoms with E-state index in [0.717, 1.165) is 5.92 Å². The molecule has 0 aromatic rings.